The lowest BCUT2D eigenvalue weighted by Gasteiger charge is -2.29. The number of benzene rings is 2. The van der Waals surface area contributed by atoms with Gasteiger partial charge in [-0.05, 0) is 31.4 Å². The van der Waals surface area contributed by atoms with Crippen LogP contribution in [0.4, 0.5) is 0 Å². The number of esters is 1. The molecule has 0 aromatic heterocycles. The smallest absolute Gasteiger partial charge is 0.324 e. The summed E-state index contributed by atoms with van der Waals surface area (Å²) in [5.41, 5.74) is 0.304. The molecular formula is C19H20O3. The normalized spacial score (nSPS) is 13.2. The second kappa shape index (κ2) is 7.03. The summed E-state index contributed by atoms with van der Waals surface area (Å²) in [7, 11) is 0. The standard InChI is InChI=1S/C19H20O3/c1-3-22-18(21)19(15(2)20,17-12-8-5-9-13-17)14-16-10-6-4-7-11-16/h4-13H,3,14H2,1-2H3. The van der Waals surface area contributed by atoms with Gasteiger partial charge in [0.1, 0.15) is 0 Å². The Morgan fingerprint density at radius 1 is 0.955 bits per heavy atom. The van der Waals surface area contributed by atoms with Crippen molar-refractivity contribution in [3.05, 3.63) is 71.8 Å². The Kier molecular flexibility index (Phi) is 5.10. The largest absolute Gasteiger partial charge is 0.465 e. The summed E-state index contributed by atoms with van der Waals surface area (Å²) in [6.07, 6.45) is 0.298. The first-order valence-corrected chi connectivity index (χ1v) is 7.39. The van der Waals surface area contributed by atoms with Crippen molar-refractivity contribution in [2.75, 3.05) is 6.61 Å². The summed E-state index contributed by atoms with van der Waals surface area (Å²) >= 11 is 0. The first-order chi connectivity index (χ1) is 10.6. The molecule has 0 aliphatic rings. The predicted molar refractivity (Wildman–Crippen MR) is 85.6 cm³/mol. The third-order valence-corrected chi connectivity index (χ3v) is 3.80. The van der Waals surface area contributed by atoms with E-state index in [9.17, 15) is 9.59 Å². The SMILES string of the molecule is CCOC(=O)C(Cc1ccccc1)(C(C)=O)c1ccccc1. The van der Waals surface area contributed by atoms with E-state index in [0.717, 1.165) is 5.56 Å². The van der Waals surface area contributed by atoms with Crippen LogP contribution in [-0.2, 0) is 26.2 Å². The minimum absolute atomic E-state index is 0.207. The number of carbonyl (C=O) groups excluding carboxylic acids is 2. The maximum atomic E-state index is 12.7. The summed E-state index contributed by atoms with van der Waals surface area (Å²) in [6, 6.07) is 18.7. The Balaban J connectivity index is 2.55. The van der Waals surface area contributed by atoms with E-state index in [-0.39, 0.29) is 12.4 Å². The van der Waals surface area contributed by atoms with E-state index >= 15 is 0 Å². The van der Waals surface area contributed by atoms with Crippen molar-refractivity contribution < 1.29 is 14.3 Å². The highest BCUT2D eigenvalue weighted by molar-refractivity contribution is 6.09. The summed E-state index contributed by atoms with van der Waals surface area (Å²) in [5, 5.41) is 0. The van der Waals surface area contributed by atoms with Crippen molar-refractivity contribution >= 4 is 11.8 Å². The number of carbonyl (C=O) groups is 2. The molecule has 114 valence electrons. The molecule has 0 fully saturated rings. The molecule has 0 saturated carbocycles. The molecule has 0 saturated heterocycles. The Bertz CT molecular complexity index is 634. The van der Waals surface area contributed by atoms with Crippen molar-refractivity contribution in [3.63, 3.8) is 0 Å². The van der Waals surface area contributed by atoms with Crippen LogP contribution in [0.15, 0.2) is 60.7 Å². The van der Waals surface area contributed by atoms with E-state index in [4.69, 9.17) is 4.74 Å². The van der Waals surface area contributed by atoms with Gasteiger partial charge in [-0.1, -0.05) is 60.7 Å². The maximum Gasteiger partial charge on any atom is 0.324 e. The quantitative estimate of drug-likeness (QED) is 0.606. The Morgan fingerprint density at radius 2 is 1.50 bits per heavy atom. The molecule has 0 aliphatic carbocycles. The van der Waals surface area contributed by atoms with Crippen molar-refractivity contribution in [2.24, 2.45) is 0 Å². The molecule has 2 aromatic carbocycles. The molecule has 1 atom stereocenters. The number of ether oxygens (including phenoxy) is 1. The van der Waals surface area contributed by atoms with Gasteiger partial charge in [0.2, 0.25) is 0 Å². The molecule has 0 bridgehead atoms. The third kappa shape index (κ3) is 3.08. The molecule has 0 heterocycles. The summed E-state index contributed by atoms with van der Waals surface area (Å²) in [6.45, 7) is 3.44. The lowest BCUT2D eigenvalue weighted by Crippen LogP contribution is -2.45. The molecule has 0 radical (unpaired) electrons. The van der Waals surface area contributed by atoms with Crippen LogP contribution in [0.25, 0.3) is 0 Å². The van der Waals surface area contributed by atoms with Crippen LogP contribution in [0.3, 0.4) is 0 Å². The summed E-state index contributed by atoms with van der Waals surface area (Å²) in [5.74, 6) is -0.696. The molecule has 1 unspecified atom stereocenters. The fourth-order valence-corrected chi connectivity index (χ4v) is 2.64. The van der Waals surface area contributed by atoms with E-state index in [0.29, 0.717) is 12.0 Å². The van der Waals surface area contributed by atoms with Crippen LogP contribution < -0.4 is 0 Å². The summed E-state index contributed by atoms with van der Waals surface area (Å²) < 4.78 is 5.24. The molecule has 0 aliphatic heterocycles. The van der Waals surface area contributed by atoms with Gasteiger partial charge in [0.05, 0.1) is 6.61 Å². The van der Waals surface area contributed by atoms with E-state index < -0.39 is 11.4 Å². The van der Waals surface area contributed by atoms with Crippen molar-refractivity contribution in [3.8, 4) is 0 Å². The van der Waals surface area contributed by atoms with Gasteiger partial charge in [-0.15, -0.1) is 0 Å². The first kappa shape index (κ1) is 16.0. The average Bonchev–Trinajstić information content (AvgIpc) is 2.54. The highest BCUT2D eigenvalue weighted by atomic mass is 16.5. The van der Waals surface area contributed by atoms with E-state index in [2.05, 4.69) is 0 Å². The number of hydrogen-bond acceptors (Lipinski definition) is 3. The number of rotatable bonds is 6. The molecule has 3 nitrogen and oxygen atoms in total. The molecule has 3 heteroatoms. The Hall–Kier alpha value is -2.42. The van der Waals surface area contributed by atoms with Gasteiger partial charge in [0, 0.05) is 0 Å². The van der Waals surface area contributed by atoms with Gasteiger partial charge in [-0.2, -0.15) is 0 Å². The molecule has 0 spiro atoms. The maximum absolute atomic E-state index is 12.7. The zero-order valence-corrected chi connectivity index (χ0v) is 12.9. The molecule has 0 N–H and O–H groups in total. The zero-order valence-electron chi connectivity index (χ0n) is 12.9. The molecule has 22 heavy (non-hydrogen) atoms. The summed E-state index contributed by atoms with van der Waals surface area (Å²) in [4.78, 5) is 25.2. The molecule has 0 amide bonds. The Morgan fingerprint density at radius 3 is 2.00 bits per heavy atom. The zero-order chi connectivity index (χ0) is 16.0. The second-order valence-corrected chi connectivity index (χ2v) is 5.21. The van der Waals surface area contributed by atoms with Crippen LogP contribution in [0.2, 0.25) is 0 Å². The van der Waals surface area contributed by atoms with Crippen LogP contribution in [-0.4, -0.2) is 18.4 Å². The van der Waals surface area contributed by atoms with Gasteiger partial charge >= 0.3 is 5.97 Å². The van der Waals surface area contributed by atoms with Gasteiger partial charge in [0.15, 0.2) is 11.2 Å². The minimum Gasteiger partial charge on any atom is -0.465 e. The average molecular weight is 296 g/mol. The number of Topliss-reactive ketones (excluding diaryl/α,β-unsaturated/α-hetero) is 1. The first-order valence-electron chi connectivity index (χ1n) is 7.39. The van der Waals surface area contributed by atoms with Crippen molar-refractivity contribution in [1.82, 2.24) is 0 Å². The minimum atomic E-state index is -1.29. The van der Waals surface area contributed by atoms with Crippen LogP contribution >= 0.6 is 0 Å². The van der Waals surface area contributed by atoms with Crippen molar-refractivity contribution in [2.45, 2.75) is 25.7 Å². The topological polar surface area (TPSA) is 43.4 Å². The highest BCUT2D eigenvalue weighted by Crippen LogP contribution is 2.31. The van der Waals surface area contributed by atoms with E-state index in [1.165, 1.54) is 6.92 Å². The lowest BCUT2D eigenvalue weighted by molar-refractivity contribution is -0.153. The fourth-order valence-electron chi connectivity index (χ4n) is 2.64. The van der Waals surface area contributed by atoms with Gasteiger partial charge in [-0.3, -0.25) is 9.59 Å². The third-order valence-electron chi connectivity index (χ3n) is 3.80. The van der Waals surface area contributed by atoms with E-state index in [1.54, 1.807) is 19.1 Å². The monoisotopic (exact) mass is 296 g/mol. The van der Waals surface area contributed by atoms with Gasteiger partial charge in [0.25, 0.3) is 0 Å². The second-order valence-electron chi connectivity index (χ2n) is 5.21. The lowest BCUT2D eigenvalue weighted by atomic mass is 9.72. The highest BCUT2D eigenvalue weighted by Gasteiger charge is 2.46. The number of ketones is 1. The molecule has 2 rings (SSSR count). The molecule has 2 aromatic rings. The number of hydrogen-bond donors (Lipinski definition) is 0. The Labute approximate surface area is 130 Å². The van der Waals surface area contributed by atoms with Crippen LogP contribution in [0, 0.1) is 0 Å². The van der Waals surface area contributed by atoms with E-state index in [1.807, 2.05) is 48.5 Å². The molecular weight excluding hydrogens is 276 g/mol. The van der Waals surface area contributed by atoms with Crippen LogP contribution in [0.1, 0.15) is 25.0 Å². The van der Waals surface area contributed by atoms with Crippen molar-refractivity contribution in [1.29, 1.82) is 0 Å². The van der Waals surface area contributed by atoms with Gasteiger partial charge in [-0.25, -0.2) is 0 Å². The van der Waals surface area contributed by atoms with Gasteiger partial charge < -0.3 is 4.74 Å². The fraction of sp³-hybridized carbons (Fsp3) is 0.263. The predicted octanol–water partition coefficient (Wildman–Crippen LogP) is 3.32. The van der Waals surface area contributed by atoms with Crippen LogP contribution in [0.5, 0.6) is 0 Å².